The molecule has 0 spiro atoms. The summed E-state index contributed by atoms with van der Waals surface area (Å²) in [6.07, 6.45) is 0.497. The number of thioether (sulfide) groups is 1. The quantitative estimate of drug-likeness (QED) is 0.567. The number of aromatic nitrogens is 2. The van der Waals surface area contributed by atoms with Crippen molar-refractivity contribution in [2.24, 2.45) is 0 Å². The number of halogens is 2. The fourth-order valence-corrected chi connectivity index (χ4v) is 2.87. The molecule has 1 aromatic heterocycles. The number of hydrogen-bond acceptors (Lipinski definition) is 5. The molecule has 23 heavy (non-hydrogen) atoms. The van der Waals surface area contributed by atoms with E-state index in [-0.39, 0.29) is 10.3 Å². The molecule has 0 atom stereocenters. The Morgan fingerprint density at radius 1 is 1.09 bits per heavy atom. The van der Waals surface area contributed by atoms with Crippen LogP contribution in [-0.4, -0.2) is 15.3 Å². The van der Waals surface area contributed by atoms with E-state index in [4.69, 9.17) is 16.0 Å². The van der Waals surface area contributed by atoms with E-state index in [1.165, 1.54) is 0 Å². The van der Waals surface area contributed by atoms with E-state index in [2.05, 4.69) is 26.1 Å². The van der Waals surface area contributed by atoms with Gasteiger partial charge in [-0.3, -0.25) is 4.79 Å². The van der Waals surface area contributed by atoms with Gasteiger partial charge in [-0.15, -0.1) is 10.2 Å². The molecule has 3 rings (SSSR count). The first-order chi connectivity index (χ1) is 11.1. The Morgan fingerprint density at radius 3 is 2.48 bits per heavy atom. The molecular weight excluding hydrogens is 400 g/mol. The zero-order valence-electron chi connectivity index (χ0n) is 11.7. The van der Waals surface area contributed by atoms with Gasteiger partial charge in [-0.05, 0) is 42.0 Å². The lowest BCUT2D eigenvalue weighted by Crippen LogP contribution is -1.92. The van der Waals surface area contributed by atoms with Crippen LogP contribution >= 0.6 is 39.3 Å². The number of hydrogen-bond donors (Lipinski definition) is 0. The highest BCUT2D eigenvalue weighted by Crippen LogP contribution is 2.23. The van der Waals surface area contributed by atoms with Crippen LogP contribution < -0.4 is 0 Å². The Morgan fingerprint density at radius 2 is 1.78 bits per heavy atom. The Kier molecular flexibility index (Phi) is 5.15. The molecule has 2 aromatic carbocycles. The summed E-state index contributed by atoms with van der Waals surface area (Å²) in [7, 11) is 0. The molecule has 0 N–H and O–H groups in total. The third kappa shape index (κ3) is 4.43. The van der Waals surface area contributed by atoms with Gasteiger partial charge in [-0.2, -0.15) is 0 Å². The summed E-state index contributed by atoms with van der Waals surface area (Å²) < 4.78 is 6.43. The maximum atomic E-state index is 12.1. The highest BCUT2D eigenvalue weighted by molar-refractivity contribution is 9.10. The largest absolute Gasteiger partial charge is 0.415 e. The van der Waals surface area contributed by atoms with Gasteiger partial charge in [0, 0.05) is 26.8 Å². The summed E-state index contributed by atoms with van der Waals surface area (Å²) in [5.74, 6) is 0.457. The van der Waals surface area contributed by atoms with E-state index >= 15 is 0 Å². The molecule has 0 radical (unpaired) electrons. The Balaban J connectivity index is 1.66. The van der Waals surface area contributed by atoms with Crippen LogP contribution in [0.15, 0.2) is 62.6 Å². The summed E-state index contributed by atoms with van der Waals surface area (Å²) >= 11 is 10.1. The highest BCUT2D eigenvalue weighted by Gasteiger charge is 2.14. The van der Waals surface area contributed by atoms with E-state index < -0.39 is 0 Å². The molecule has 116 valence electrons. The molecule has 0 unspecified atom stereocenters. The van der Waals surface area contributed by atoms with Crippen molar-refractivity contribution in [2.45, 2.75) is 11.6 Å². The van der Waals surface area contributed by atoms with E-state index in [1.54, 1.807) is 24.3 Å². The highest BCUT2D eigenvalue weighted by atomic mass is 79.9. The van der Waals surface area contributed by atoms with Gasteiger partial charge in [0.15, 0.2) is 0 Å². The minimum Gasteiger partial charge on any atom is -0.415 e. The van der Waals surface area contributed by atoms with Gasteiger partial charge in [0.2, 0.25) is 11.0 Å². The van der Waals surface area contributed by atoms with Crippen LogP contribution in [0.4, 0.5) is 0 Å². The first-order valence-corrected chi connectivity index (χ1v) is 8.63. The van der Waals surface area contributed by atoms with E-state index in [9.17, 15) is 4.79 Å². The van der Waals surface area contributed by atoms with Crippen molar-refractivity contribution in [3.63, 3.8) is 0 Å². The second-order valence-electron chi connectivity index (χ2n) is 4.66. The Hall–Kier alpha value is -1.63. The van der Waals surface area contributed by atoms with Gasteiger partial charge in [0.05, 0.1) is 6.42 Å². The van der Waals surface area contributed by atoms with Gasteiger partial charge < -0.3 is 4.42 Å². The molecule has 0 aliphatic rings. The number of nitrogens with zero attached hydrogens (tertiary/aromatic N) is 2. The van der Waals surface area contributed by atoms with Crippen molar-refractivity contribution in [1.82, 2.24) is 10.2 Å². The minimum absolute atomic E-state index is 0.140. The standard InChI is InChI=1S/C16H10BrClN2O2S/c17-12-5-3-11(4-6-12)15(21)23-16-20-19-14(22-16)9-10-1-7-13(18)8-2-10/h1-8H,9H2. The van der Waals surface area contributed by atoms with E-state index in [1.807, 2.05) is 24.3 Å². The number of benzene rings is 2. The molecule has 0 aliphatic heterocycles. The maximum absolute atomic E-state index is 12.1. The average Bonchev–Trinajstić information content (AvgIpc) is 2.97. The smallest absolute Gasteiger partial charge is 0.284 e. The summed E-state index contributed by atoms with van der Waals surface area (Å²) in [5, 5.41) is 8.64. The van der Waals surface area contributed by atoms with Gasteiger partial charge in [-0.25, -0.2) is 0 Å². The van der Waals surface area contributed by atoms with Crippen molar-refractivity contribution >= 4 is 44.4 Å². The molecule has 0 aliphatic carbocycles. The lowest BCUT2D eigenvalue weighted by Gasteiger charge is -1.98. The zero-order chi connectivity index (χ0) is 16.2. The van der Waals surface area contributed by atoms with Crippen LogP contribution in [0.3, 0.4) is 0 Å². The van der Waals surface area contributed by atoms with Gasteiger partial charge in [0.25, 0.3) is 5.22 Å². The second kappa shape index (κ2) is 7.29. The van der Waals surface area contributed by atoms with E-state index in [0.29, 0.717) is 22.9 Å². The zero-order valence-corrected chi connectivity index (χ0v) is 14.9. The number of carbonyl (C=O) groups is 1. The monoisotopic (exact) mass is 408 g/mol. The number of rotatable bonds is 4. The average molecular weight is 410 g/mol. The molecule has 0 bridgehead atoms. The van der Waals surface area contributed by atoms with Crippen molar-refractivity contribution in [1.29, 1.82) is 0 Å². The topological polar surface area (TPSA) is 56.0 Å². The lowest BCUT2D eigenvalue weighted by molar-refractivity contribution is 0.108. The predicted octanol–water partition coefficient (Wildman–Crippen LogP) is 5.01. The third-order valence-corrected chi connectivity index (χ3v) is 4.52. The molecule has 0 amide bonds. The molecule has 0 fully saturated rings. The SMILES string of the molecule is O=C(Sc1nnc(Cc2ccc(Cl)cc2)o1)c1ccc(Br)cc1. The normalized spacial score (nSPS) is 10.7. The Bertz CT molecular complexity index is 819. The molecular formula is C16H10BrClN2O2S. The molecule has 4 nitrogen and oxygen atoms in total. The molecule has 7 heteroatoms. The fourth-order valence-electron chi connectivity index (χ4n) is 1.85. The van der Waals surface area contributed by atoms with Gasteiger partial charge in [0.1, 0.15) is 0 Å². The van der Waals surface area contributed by atoms with Crippen LogP contribution in [0.2, 0.25) is 5.02 Å². The van der Waals surface area contributed by atoms with Gasteiger partial charge in [-0.1, -0.05) is 39.7 Å². The van der Waals surface area contributed by atoms with Crippen molar-refractivity contribution in [3.8, 4) is 0 Å². The molecule has 0 saturated heterocycles. The Labute approximate surface area is 150 Å². The van der Waals surface area contributed by atoms with Crippen LogP contribution in [0.25, 0.3) is 0 Å². The molecule has 0 saturated carbocycles. The number of carbonyl (C=O) groups excluding carboxylic acids is 1. The van der Waals surface area contributed by atoms with Crippen LogP contribution in [0.5, 0.6) is 0 Å². The first-order valence-electron chi connectivity index (χ1n) is 6.65. The van der Waals surface area contributed by atoms with Crippen LogP contribution in [0, 0.1) is 0 Å². The van der Waals surface area contributed by atoms with Crippen LogP contribution in [0.1, 0.15) is 21.8 Å². The van der Waals surface area contributed by atoms with Crippen molar-refractivity contribution in [2.75, 3.05) is 0 Å². The summed E-state index contributed by atoms with van der Waals surface area (Å²) in [6.45, 7) is 0. The lowest BCUT2D eigenvalue weighted by atomic mass is 10.1. The van der Waals surface area contributed by atoms with Crippen molar-refractivity contribution < 1.29 is 9.21 Å². The summed E-state index contributed by atoms with van der Waals surface area (Å²) in [5.41, 5.74) is 1.59. The van der Waals surface area contributed by atoms with Crippen LogP contribution in [-0.2, 0) is 6.42 Å². The third-order valence-electron chi connectivity index (χ3n) is 2.98. The molecule has 1 heterocycles. The van der Waals surface area contributed by atoms with Gasteiger partial charge >= 0.3 is 0 Å². The van der Waals surface area contributed by atoms with E-state index in [0.717, 1.165) is 21.8 Å². The predicted molar refractivity (Wildman–Crippen MR) is 92.9 cm³/mol. The summed E-state index contributed by atoms with van der Waals surface area (Å²) in [4.78, 5) is 12.1. The minimum atomic E-state index is -0.140. The van der Waals surface area contributed by atoms with Crippen molar-refractivity contribution in [3.05, 3.63) is 75.0 Å². The maximum Gasteiger partial charge on any atom is 0.284 e. The first kappa shape index (κ1) is 16.2. The second-order valence-corrected chi connectivity index (χ2v) is 6.94. The summed E-state index contributed by atoms with van der Waals surface area (Å²) in [6, 6.07) is 14.5. The molecule has 3 aromatic rings. The fraction of sp³-hybridized carbons (Fsp3) is 0.0625.